The van der Waals surface area contributed by atoms with Crippen molar-refractivity contribution in [2.24, 2.45) is 5.92 Å². The van der Waals surface area contributed by atoms with E-state index in [9.17, 15) is 9.59 Å². The number of carboxylic acids is 1. The third kappa shape index (κ3) is 4.66. The Kier molecular flexibility index (Phi) is 5.12. The summed E-state index contributed by atoms with van der Waals surface area (Å²) in [7, 11) is 0. The van der Waals surface area contributed by atoms with Crippen molar-refractivity contribution >= 4 is 17.6 Å². The van der Waals surface area contributed by atoms with Gasteiger partial charge in [0.25, 0.3) is 0 Å². The number of carbonyl (C=O) groups excluding carboxylic acids is 1. The Bertz CT molecular complexity index is 482. The summed E-state index contributed by atoms with van der Waals surface area (Å²) in [5.41, 5.74) is 1.35. The first kappa shape index (κ1) is 14.5. The van der Waals surface area contributed by atoms with Gasteiger partial charge in [0, 0.05) is 12.1 Å². The third-order valence-electron chi connectivity index (χ3n) is 3.44. The van der Waals surface area contributed by atoms with Crippen molar-refractivity contribution in [2.45, 2.75) is 25.7 Å². The Morgan fingerprint density at radius 1 is 1.40 bits per heavy atom. The third-order valence-corrected chi connectivity index (χ3v) is 3.44. The first-order chi connectivity index (χ1) is 9.63. The number of amides is 1. The van der Waals surface area contributed by atoms with Gasteiger partial charge in [-0.15, -0.1) is 0 Å². The Morgan fingerprint density at radius 2 is 2.25 bits per heavy atom. The van der Waals surface area contributed by atoms with Gasteiger partial charge in [0.1, 0.15) is 0 Å². The fourth-order valence-electron chi connectivity index (χ4n) is 2.51. The maximum absolute atomic E-state index is 12.0. The lowest BCUT2D eigenvalue weighted by Crippen LogP contribution is -2.32. The molecule has 1 fully saturated rings. The molecule has 108 valence electrons. The number of hydrogen-bond acceptors (Lipinski definition) is 3. The Morgan fingerprint density at radius 3 is 2.95 bits per heavy atom. The molecule has 0 aromatic heterocycles. The minimum absolute atomic E-state index is 0.00817. The lowest BCUT2D eigenvalue weighted by Gasteiger charge is -2.22. The highest BCUT2D eigenvalue weighted by Crippen LogP contribution is 2.16. The van der Waals surface area contributed by atoms with Crippen molar-refractivity contribution in [3.8, 4) is 0 Å². The molecule has 0 aliphatic carbocycles. The van der Waals surface area contributed by atoms with Gasteiger partial charge in [-0.3, -0.25) is 9.59 Å². The maximum atomic E-state index is 12.0. The minimum Gasteiger partial charge on any atom is -0.481 e. The number of aliphatic carboxylic acids is 1. The van der Waals surface area contributed by atoms with Gasteiger partial charge in [0.05, 0.1) is 6.42 Å². The van der Waals surface area contributed by atoms with E-state index in [0.29, 0.717) is 23.6 Å². The molecule has 0 saturated carbocycles. The second kappa shape index (κ2) is 7.05. The molecule has 1 aliphatic heterocycles. The van der Waals surface area contributed by atoms with Crippen LogP contribution in [0.3, 0.4) is 0 Å². The van der Waals surface area contributed by atoms with Crippen LogP contribution in [-0.4, -0.2) is 30.1 Å². The molecule has 1 atom stereocenters. The molecule has 1 aromatic rings. The van der Waals surface area contributed by atoms with E-state index >= 15 is 0 Å². The van der Waals surface area contributed by atoms with Crippen molar-refractivity contribution in [1.82, 2.24) is 5.32 Å². The molecule has 1 amide bonds. The predicted molar refractivity (Wildman–Crippen MR) is 76.6 cm³/mol. The quantitative estimate of drug-likeness (QED) is 0.764. The lowest BCUT2D eigenvalue weighted by atomic mass is 9.96. The van der Waals surface area contributed by atoms with Crippen LogP contribution in [0.25, 0.3) is 0 Å². The topological polar surface area (TPSA) is 78.4 Å². The Hall–Kier alpha value is -1.88. The average molecular weight is 276 g/mol. The summed E-state index contributed by atoms with van der Waals surface area (Å²) >= 11 is 0. The second-order valence-electron chi connectivity index (χ2n) is 5.24. The number of hydrogen-bond donors (Lipinski definition) is 3. The molecule has 2 rings (SSSR count). The van der Waals surface area contributed by atoms with E-state index in [1.54, 1.807) is 24.3 Å². The Balaban J connectivity index is 1.88. The van der Waals surface area contributed by atoms with E-state index < -0.39 is 5.97 Å². The van der Waals surface area contributed by atoms with Crippen LogP contribution in [-0.2, 0) is 16.0 Å². The Labute approximate surface area is 118 Å². The van der Waals surface area contributed by atoms with Gasteiger partial charge in [-0.05, 0) is 49.5 Å². The summed E-state index contributed by atoms with van der Waals surface area (Å²) in [6.45, 7) is 1.93. The average Bonchev–Trinajstić information content (AvgIpc) is 2.39. The summed E-state index contributed by atoms with van der Waals surface area (Å²) in [4.78, 5) is 22.6. The first-order valence-electron chi connectivity index (χ1n) is 6.95. The van der Waals surface area contributed by atoms with Gasteiger partial charge in [-0.1, -0.05) is 12.1 Å². The molecule has 1 aliphatic rings. The summed E-state index contributed by atoms with van der Waals surface area (Å²) in [5, 5.41) is 14.9. The summed E-state index contributed by atoms with van der Waals surface area (Å²) in [5.74, 6) is -0.487. The molecule has 20 heavy (non-hydrogen) atoms. The molecule has 5 heteroatoms. The number of nitrogens with one attached hydrogen (secondary N) is 2. The van der Waals surface area contributed by atoms with E-state index in [1.807, 2.05) is 0 Å². The molecule has 3 N–H and O–H groups in total. The van der Waals surface area contributed by atoms with Gasteiger partial charge in [0.2, 0.25) is 5.91 Å². The normalized spacial score (nSPS) is 18.5. The van der Waals surface area contributed by atoms with E-state index in [1.165, 1.54) is 0 Å². The highest BCUT2D eigenvalue weighted by atomic mass is 16.4. The van der Waals surface area contributed by atoms with E-state index in [0.717, 1.165) is 25.9 Å². The number of benzene rings is 1. The van der Waals surface area contributed by atoms with E-state index in [4.69, 9.17) is 5.11 Å². The van der Waals surface area contributed by atoms with Gasteiger partial charge >= 0.3 is 5.97 Å². The monoisotopic (exact) mass is 276 g/mol. The SMILES string of the molecule is O=C(O)Cc1cccc(NC(=O)CC2CCCNC2)c1. The van der Waals surface area contributed by atoms with Crippen LogP contribution in [0.5, 0.6) is 0 Å². The van der Waals surface area contributed by atoms with Crippen LogP contribution in [0, 0.1) is 5.92 Å². The van der Waals surface area contributed by atoms with Crippen molar-refractivity contribution in [1.29, 1.82) is 0 Å². The minimum atomic E-state index is -0.873. The maximum Gasteiger partial charge on any atom is 0.307 e. The van der Waals surface area contributed by atoms with Crippen LogP contribution < -0.4 is 10.6 Å². The van der Waals surface area contributed by atoms with Crippen LogP contribution in [0.4, 0.5) is 5.69 Å². The summed E-state index contributed by atoms with van der Waals surface area (Å²) in [6.07, 6.45) is 2.68. The number of anilines is 1. The van der Waals surface area contributed by atoms with Crippen molar-refractivity contribution in [3.05, 3.63) is 29.8 Å². The molecule has 1 heterocycles. The number of rotatable bonds is 5. The molecule has 0 radical (unpaired) electrons. The zero-order valence-electron chi connectivity index (χ0n) is 11.4. The first-order valence-corrected chi connectivity index (χ1v) is 6.95. The molecule has 1 unspecified atom stereocenters. The highest BCUT2D eigenvalue weighted by molar-refractivity contribution is 5.91. The molecule has 1 saturated heterocycles. The van der Waals surface area contributed by atoms with Crippen molar-refractivity contribution in [2.75, 3.05) is 18.4 Å². The molecule has 0 spiro atoms. The standard InChI is InChI=1S/C15H20N2O3/c18-14(8-12-4-2-6-16-10-12)17-13-5-1-3-11(7-13)9-15(19)20/h1,3,5,7,12,16H,2,4,6,8-10H2,(H,17,18)(H,19,20). The largest absolute Gasteiger partial charge is 0.481 e. The zero-order chi connectivity index (χ0) is 14.4. The number of carbonyl (C=O) groups is 2. The fraction of sp³-hybridized carbons (Fsp3) is 0.467. The van der Waals surface area contributed by atoms with Crippen molar-refractivity contribution in [3.63, 3.8) is 0 Å². The van der Waals surface area contributed by atoms with Crippen LogP contribution in [0.1, 0.15) is 24.8 Å². The van der Waals surface area contributed by atoms with Gasteiger partial charge < -0.3 is 15.7 Å². The van der Waals surface area contributed by atoms with Gasteiger partial charge in [-0.25, -0.2) is 0 Å². The lowest BCUT2D eigenvalue weighted by molar-refractivity contribution is -0.136. The van der Waals surface area contributed by atoms with Crippen LogP contribution >= 0.6 is 0 Å². The van der Waals surface area contributed by atoms with E-state index in [2.05, 4.69) is 10.6 Å². The smallest absolute Gasteiger partial charge is 0.307 e. The molecule has 1 aromatic carbocycles. The number of carboxylic acid groups (broad SMARTS) is 1. The summed E-state index contributed by atoms with van der Waals surface area (Å²) in [6, 6.07) is 7.00. The van der Waals surface area contributed by atoms with Gasteiger partial charge in [-0.2, -0.15) is 0 Å². The van der Waals surface area contributed by atoms with Crippen molar-refractivity contribution < 1.29 is 14.7 Å². The zero-order valence-corrected chi connectivity index (χ0v) is 11.4. The van der Waals surface area contributed by atoms with Crippen LogP contribution in [0.2, 0.25) is 0 Å². The molecular formula is C15H20N2O3. The highest BCUT2D eigenvalue weighted by Gasteiger charge is 2.16. The van der Waals surface area contributed by atoms with Crippen LogP contribution in [0.15, 0.2) is 24.3 Å². The second-order valence-corrected chi connectivity index (χ2v) is 5.24. The molecular weight excluding hydrogens is 256 g/mol. The summed E-state index contributed by atoms with van der Waals surface area (Å²) < 4.78 is 0. The fourth-order valence-corrected chi connectivity index (χ4v) is 2.51. The van der Waals surface area contributed by atoms with Gasteiger partial charge in [0.15, 0.2) is 0 Å². The predicted octanol–water partition coefficient (Wildman–Crippen LogP) is 1.64. The number of piperidine rings is 1. The molecule has 0 bridgehead atoms. The molecule has 5 nitrogen and oxygen atoms in total. The van der Waals surface area contributed by atoms with E-state index in [-0.39, 0.29) is 12.3 Å².